The van der Waals surface area contributed by atoms with Crippen LogP contribution < -0.4 is 0 Å². The Kier molecular flexibility index (Phi) is 3.89. The van der Waals surface area contributed by atoms with Gasteiger partial charge in [-0.25, -0.2) is 0 Å². The van der Waals surface area contributed by atoms with E-state index in [1.807, 2.05) is 31.2 Å². The minimum atomic E-state index is -4.34. The minimum absolute atomic E-state index is 0.0250. The highest BCUT2D eigenvalue weighted by Gasteiger charge is 2.49. The summed E-state index contributed by atoms with van der Waals surface area (Å²) >= 11 is 0. The highest BCUT2D eigenvalue weighted by atomic mass is 19.4. The van der Waals surface area contributed by atoms with E-state index in [9.17, 15) is 13.2 Å². The molecule has 0 aromatic heterocycles. The maximum Gasteiger partial charge on any atom is 0.416 e. The van der Waals surface area contributed by atoms with E-state index in [4.69, 9.17) is 4.74 Å². The van der Waals surface area contributed by atoms with Crippen molar-refractivity contribution in [3.8, 4) is 0 Å². The molecular weight excluding hydrogens is 327 g/mol. The molecule has 0 unspecified atom stereocenters. The number of rotatable bonds is 2. The Balaban J connectivity index is 1.64. The maximum absolute atomic E-state index is 13.3. The SMILES string of the molecule is C[C@]12CN(Cc3ccccc3)C[C@H]1c1cccc(C(F)(F)F)c1CO2. The van der Waals surface area contributed by atoms with Crippen LogP contribution in [0.4, 0.5) is 13.2 Å². The number of hydrogen-bond donors (Lipinski definition) is 0. The first-order valence-corrected chi connectivity index (χ1v) is 8.46. The molecule has 2 heterocycles. The third-order valence-corrected chi connectivity index (χ3v) is 5.40. The van der Waals surface area contributed by atoms with Gasteiger partial charge in [0, 0.05) is 25.6 Å². The number of nitrogens with zero attached hydrogens (tertiary/aromatic N) is 1. The van der Waals surface area contributed by atoms with Gasteiger partial charge in [-0.15, -0.1) is 0 Å². The van der Waals surface area contributed by atoms with Crippen molar-refractivity contribution < 1.29 is 17.9 Å². The molecule has 2 aliphatic rings. The fourth-order valence-corrected chi connectivity index (χ4v) is 4.20. The van der Waals surface area contributed by atoms with Gasteiger partial charge in [-0.2, -0.15) is 13.2 Å². The molecule has 2 aliphatic heterocycles. The average Bonchev–Trinajstić information content (AvgIpc) is 2.91. The van der Waals surface area contributed by atoms with Gasteiger partial charge in [-0.05, 0) is 29.7 Å². The van der Waals surface area contributed by atoms with E-state index in [0.29, 0.717) is 12.1 Å². The summed E-state index contributed by atoms with van der Waals surface area (Å²) in [4.78, 5) is 2.27. The number of halogens is 3. The molecule has 1 fully saturated rings. The Hall–Kier alpha value is -1.85. The Labute approximate surface area is 145 Å². The van der Waals surface area contributed by atoms with Crippen LogP contribution in [-0.2, 0) is 24.1 Å². The summed E-state index contributed by atoms with van der Waals surface area (Å²) in [5.41, 5.74) is 1.30. The average molecular weight is 347 g/mol. The second-order valence-corrected chi connectivity index (χ2v) is 7.18. The van der Waals surface area contributed by atoms with Crippen molar-refractivity contribution in [3.05, 3.63) is 70.8 Å². The number of fused-ring (bicyclic) bond motifs is 3. The first kappa shape index (κ1) is 16.6. The molecule has 132 valence electrons. The summed E-state index contributed by atoms with van der Waals surface area (Å²) in [5.74, 6) is -0.0396. The zero-order valence-corrected chi connectivity index (χ0v) is 14.0. The van der Waals surface area contributed by atoms with Crippen molar-refractivity contribution in [1.82, 2.24) is 4.90 Å². The second-order valence-electron chi connectivity index (χ2n) is 7.18. The zero-order chi connectivity index (χ0) is 17.7. The van der Waals surface area contributed by atoms with Crippen LogP contribution in [0.15, 0.2) is 48.5 Å². The summed E-state index contributed by atoms with van der Waals surface area (Å²) in [5, 5.41) is 0. The van der Waals surface area contributed by atoms with E-state index >= 15 is 0 Å². The molecule has 0 N–H and O–H groups in total. The molecule has 0 bridgehead atoms. The first-order chi connectivity index (χ1) is 11.9. The Morgan fingerprint density at radius 2 is 1.88 bits per heavy atom. The number of alkyl halides is 3. The monoisotopic (exact) mass is 347 g/mol. The number of ether oxygens (including phenoxy) is 1. The summed E-state index contributed by atoms with van der Waals surface area (Å²) in [6, 6.07) is 14.6. The summed E-state index contributed by atoms with van der Waals surface area (Å²) in [7, 11) is 0. The van der Waals surface area contributed by atoms with Gasteiger partial charge in [-0.3, -0.25) is 4.90 Å². The molecule has 2 atom stereocenters. The lowest BCUT2D eigenvalue weighted by Crippen LogP contribution is -2.40. The van der Waals surface area contributed by atoms with Gasteiger partial charge >= 0.3 is 6.18 Å². The van der Waals surface area contributed by atoms with Gasteiger partial charge in [0.25, 0.3) is 0 Å². The van der Waals surface area contributed by atoms with Crippen molar-refractivity contribution >= 4 is 0 Å². The van der Waals surface area contributed by atoms with Crippen LogP contribution in [0.25, 0.3) is 0 Å². The summed E-state index contributed by atoms with van der Waals surface area (Å²) < 4.78 is 45.9. The third kappa shape index (κ3) is 2.96. The zero-order valence-electron chi connectivity index (χ0n) is 14.0. The van der Waals surface area contributed by atoms with Crippen LogP contribution in [0.5, 0.6) is 0 Å². The molecule has 4 rings (SSSR count). The Morgan fingerprint density at radius 1 is 1.12 bits per heavy atom. The van der Waals surface area contributed by atoms with Gasteiger partial charge < -0.3 is 4.74 Å². The molecular formula is C20H20F3NO. The van der Waals surface area contributed by atoms with Crippen LogP contribution in [0.1, 0.15) is 35.1 Å². The van der Waals surface area contributed by atoms with Crippen molar-refractivity contribution in [2.45, 2.75) is 37.8 Å². The summed E-state index contributed by atoms with van der Waals surface area (Å²) in [6.45, 7) is 4.26. The Morgan fingerprint density at radius 3 is 2.60 bits per heavy atom. The number of likely N-dealkylation sites (tertiary alicyclic amines) is 1. The van der Waals surface area contributed by atoms with E-state index in [2.05, 4.69) is 17.0 Å². The van der Waals surface area contributed by atoms with Crippen LogP contribution in [-0.4, -0.2) is 23.6 Å². The molecule has 2 aromatic rings. The minimum Gasteiger partial charge on any atom is -0.369 e. The van der Waals surface area contributed by atoms with E-state index < -0.39 is 17.3 Å². The fraction of sp³-hybridized carbons (Fsp3) is 0.400. The lowest BCUT2D eigenvalue weighted by Gasteiger charge is -2.38. The van der Waals surface area contributed by atoms with E-state index in [1.165, 1.54) is 11.6 Å². The first-order valence-electron chi connectivity index (χ1n) is 8.46. The molecule has 2 nitrogen and oxygen atoms in total. The van der Waals surface area contributed by atoms with Gasteiger partial charge in [0.05, 0.1) is 17.8 Å². The topological polar surface area (TPSA) is 12.5 Å². The van der Waals surface area contributed by atoms with Gasteiger partial charge in [0.2, 0.25) is 0 Å². The second kappa shape index (κ2) is 5.85. The normalized spacial score (nSPS) is 26.3. The van der Waals surface area contributed by atoms with E-state index in [-0.39, 0.29) is 12.5 Å². The number of hydrogen-bond acceptors (Lipinski definition) is 2. The maximum atomic E-state index is 13.3. The van der Waals surface area contributed by atoms with Crippen LogP contribution >= 0.6 is 0 Å². The molecule has 5 heteroatoms. The van der Waals surface area contributed by atoms with E-state index in [0.717, 1.165) is 24.7 Å². The van der Waals surface area contributed by atoms with Crippen LogP contribution in [0, 0.1) is 0 Å². The fourth-order valence-electron chi connectivity index (χ4n) is 4.20. The lowest BCUT2D eigenvalue weighted by molar-refractivity contribution is -0.141. The van der Waals surface area contributed by atoms with Gasteiger partial charge in [0.15, 0.2) is 0 Å². The predicted molar refractivity (Wildman–Crippen MR) is 89.1 cm³/mol. The van der Waals surface area contributed by atoms with Crippen molar-refractivity contribution in [1.29, 1.82) is 0 Å². The van der Waals surface area contributed by atoms with Crippen molar-refractivity contribution in [2.75, 3.05) is 13.1 Å². The predicted octanol–water partition coefficient (Wildman–Crippen LogP) is 4.59. The Bertz CT molecular complexity index is 774. The highest BCUT2D eigenvalue weighted by molar-refractivity contribution is 5.43. The molecule has 0 saturated carbocycles. The lowest BCUT2D eigenvalue weighted by atomic mass is 9.80. The molecule has 0 spiro atoms. The summed E-state index contributed by atoms with van der Waals surface area (Å²) in [6.07, 6.45) is -4.34. The van der Waals surface area contributed by atoms with E-state index in [1.54, 1.807) is 0 Å². The van der Waals surface area contributed by atoms with Crippen molar-refractivity contribution in [2.24, 2.45) is 0 Å². The quantitative estimate of drug-likeness (QED) is 0.788. The van der Waals surface area contributed by atoms with Crippen LogP contribution in [0.3, 0.4) is 0 Å². The largest absolute Gasteiger partial charge is 0.416 e. The smallest absolute Gasteiger partial charge is 0.369 e. The van der Waals surface area contributed by atoms with Crippen molar-refractivity contribution in [3.63, 3.8) is 0 Å². The van der Waals surface area contributed by atoms with Gasteiger partial charge in [0.1, 0.15) is 0 Å². The standard InChI is InChI=1S/C20H20F3NO/c1-19-13-24(10-14-6-3-2-4-7-14)11-18(19)15-8-5-9-17(20(21,22)23)16(15)12-25-19/h2-9,18H,10-13H2,1H3/t18-,19-/m0/s1. The third-order valence-electron chi connectivity index (χ3n) is 5.40. The van der Waals surface area contributed by atoms with Crippen LogP contribution in [0.2, 0.25) is 0 Å². The molecule has 0 amide bonds. The molecule has 0 radical (unpaired) electrons. The van der Waals surface area contributed by atoms with Gasteiger partial charge in [-0.1, -0.05) is 42.5 Å². The highest BCUT2D eigenvalue weighted by Crippen LogP contribution is 2.47. The molecule has 1 saturated heterocycles. The molecule has 0 aliphatic carbocycles. The number of benzene rings is 2. The molecule has 25 heavy (non-hydrogen) atoms. The molecule has 2 aromatic carbocycles.